The molecule has 1 aromatic rings. The van der Waals surface area contributed by atoms with Crippen LogP contribution in [-0.4, -0.2) is 314 Å². The number of nitrogens with one attached hydrogen (secondary N) is 5. The van der Waals surface area contributed by atoms with E-state index in [1.54, 1.807) is 12.1 Å². The lowest BCUT2D eigenvalue weighted by molar-refractivity contribution is -0.342. The molecule has 2 saturated carbocycles. The molecule has 6 fully saturated rings. The van der Waals surface area contributed by atoms with Crippen LogP contribution in [0, 0.1) is 23.7 Å². The number of ether oxygens (including phenoxy) is 11. The first-order chi connectivity index (χ1) is 47.2. The van der Waals surface area contributed by atoms with Crippen molar-refractivity contribution in [1.82, 2.24) is 26.6 Å². The van der Waals surface area contributed by atoms with E-state index in [1.165, 1.54) is 32.6 Å². The predicted molar refractivity (Wildman–Crippen MR) is 338 cm³/mol. The summed E-state index contributed by atoms with van der Waals surface area (Å²) in [7, 11) is 1.23. The minimum atomic E-state index is -1.97. The lowest BCUT2D eigenvalue weighted by Gasteiger charge is -2.52. The van der Waals surface area contributed by atoms with Crippen LogP contribution >= 0.6 is 0 Å². The van der Waals surface area contributed by atoms with E-state index in [4.69, 9.17) is 52.1 Å². The van der Waals surface area contributed by atoms with E-state index >= 15 is 0 Å². The van der Waals surface area contributed by atoms with E-state index in [9.17, 15) is 90.4 Å². The summed E-state index contributed by atoms with van der Waals surface area (Å²) >= 11 is 0. The molecule has 0 bridgehead atoms. The highest BCUT2D eigenvalue weighted by Crippen LogP contribution is 2.40. The third-order valence-corrected chi connectivity index (χ3v) is 18.7. The Kier molecular flexibility index (Phi) is 31.6. The molecule has 4 aliphatic heterocycles. The summed E-state index contributed by atoms with van der Waals surface area (Å²) < 4.78 is 66.7. The van der Waals surface area contributed by atoms with Crippen molar-refractivity contribution in [3.63, 3.8) is 0 Å². The van der Waals surface area contributed by atoms with Gasteiger partial charge in [-0.05, 0) is 50.8 Å². The maximum atomic E-state index is 14.0. The second-order valence-electron chi connectivity index (χ2n) is 26.1. The molecule has 0 spiro atoms. The van der Waals surface area contributed by atoms with Gasteiger partial charge in [0.05, 0.1) is 69.0 Å². The van der Waals surface area contributed by atoms with Gasteiger partial charge in [0.15, 0.2) is 25.2 Å². The first-order valence-electron chi connectivity index (χ1n) is 33.7. The van der Waals surface area contributed by atoms with Crippen molar-refractivity contribution in [2.45, 2.75) is 271 Å². The van der Waals surface area contributed by atoms with Gasteiger partial charge in [0.25, 0.3) is 5.91 Å². The average molecular weight is 1420 g/mol. The van der Waals surface area contributed by atoms with E-state index in [1.807, 2.05) is 0 Å². The molecule has 34 nitrogen and oxygen atoms in total. The van der Waals surface area contributed by atoms with Gasteiger partial charge in [0, 0.05) is 78.3 Å². The molecule has 18 N–H and O–H groups in total. The zero-order valence-corrected chi connectivity index (χ0v) is 56.6. The van der Waals surface area contributed by atoms with E-state index < -0.39 is 246 Å². The molecule has 5 amide bonds. The van der Waals surface area contributed by atoms with Gasteiger partial charge in [0.2, 0.25) is 23.6 Å². The summed E-state index contributed by atoms with van der Waals surface area (Å²) in [5, 5.41) is 160. The normalized spacial score (nSPS) is 39.4. The maximum Gasteiger partial charge on any atom is 0.251 e. The van der Waals surface area contributed by atoms with Gasteiger partial charge in [-0.1, -0.05) is 32.3 Å². The monoisotopic (exact) mass is 1420 g/mol. The van der Waals surface area contributed by atoms with Crippen LogP contribution in [0.5, 0.6) is 5.75 Å². The largest absolute Gasteiger partial charge is 0.494 e. The van der Waals surface area contributed by atoms with Gasteiger partial charge in [-0.3, -0.25) is 24.0 Å². The van der Waals surface area contributed by atoms with Crippen LogP contribution in [-0.2, 0) is 66.5 Å². The topological polar surface area (TPSA) is 510 Å². The van der Waals surface area contributed by atoms with E-state index in [-0.39, 0.29) is 18.4 Å². The molecule has 0 radical (unpaired) electrons. The average Bonchev–Trinajstić information content (AvgIpc) is 0.771. The summed E-state index contributed by atoms with van der Waals surface area (Å²) in [5.74, 6) is 0.594. The smallest absolute Gasteiger partial charge is 0.251 e. The maximum absolute atomic E-state index is 14.0. The highest BCUT2D eigenvalue weighted by molar-refractivity contribution is 5.94. The lowest BCUT2D eigenvalue weighted by Crippen LogP contribution is -2.70. The van der Waals surface area contributed by atoms with Crippen LogP contribution in [0.4, 0.5) is 0 Å². The molecule has 6 aliphatic rings. The van der Waals surface area contributed by atoms with Crippen LogP contribution in [0.25, 0.3) is 0 Å². The van der Waals surface area contributed by atoms with E-state index in [2.05, 4.69) is 45.3 Å². The van der Waals surface area contributed by atoms with Crippen molar-refractivity contribution >= 4 is 29.5 Å². The predicted octanol–water partition coefficient (Wildman–Crippen LogP) is -5.95. The zero-order valence-electron chi connectivity index (χ0n) is 56.6. The Morgan fingerprint density at radius 1 is 0.505 bits per heavy atom. The van der Waals surface area contributed by atoms with Gasteiger partial charge in [-0.2, -0.15) is 0 Å². The molecular formula is C65H103N5O29. The Bertz CT molecular complexity index is 2790. The summed E-state index contributed by atoms with van der Waals surface area (Å²) in [6.45, 7) is 4.37. The fourth-order valence-corrected chi connectivity index (χ4v) is 13.5. The highest BCUT2D eigenvalue weighted by Gasteiger charge is 2.58. The third-order valence-electron chi connectivity index (χ3n) is 18.7. The lowest BCUT2D eigenvalue weighted by atomic mass is 9.77. The zero-order chi connectivity index (χ0) is 72.5. The van der Waals surface area contributed by atoms with Crippen LogP contribution < -0.4 is 31.3 Å². The second kappa shape index (κ2) is 38.5. The quantitative estimate of drug-likeness (QED) is 0.0252. The number of methoxy groups -OCH3 is 1. The van der Waals surface area contributed by atoms with E-state index in [0.717, 1.165) is 53.4 Å². The van der Waals surface area contributed by atoms with Crippen molar-refractivity contribution < 1.29 is 142 Å². The second-order valence-corrected chi connectivity index (χ2v) is 26.1. The van der Waals surface area contributed by atoms with Crippen LogP contribution in [0.15, 0.2) is 24.3 Å². The summed E-state index contributed by atoms with van der Waals surface area (Å²) in [6.07, 6.45) is -31.1. The van der Waals surface area contributed by atoms with Crippen molar-refractivity contribution in [2.75, 3.05) is 46.8 Å². The third kappa shape index (κ3) is 20.9. The van der Waals surface area contributed by atoms with Crippen molar-refractivity contribution in [3.05, 3.63) is 29.8 Å². The molecule has 14 unspecified atom stereocenters. The Morgan fingerprint density at radius 2 is 1.01 bits per heavy atom. The Balaban J connectivity index is 1.07. The molecule has 7 rings (SSSR count). The molecule has 99 heavy (non-hydrogen) atoms. The molecule has 34 heteroatoms. The number of amides is 5. The number of hydrogen-bond donors (Lipinski definition) is 18. The summed E-state index contributed by atoms with van der Waals surface area (Å²) in [4.78, 5) is 65.4. The van der Waals surface area contributed by atoms with Crippen LogP contribution in [0.2, 0.25) is 0 Å². The van der Waals surface area contributed by atoms with Crippen molar-refractivity contribution in [2.24, 2.45) is 11.8 Å². The molecule has 562 valence electrons. The fourth-order valence-electron chi connectivity index (χ4n) is 13.5. The van der Waals surface area contributed by atoms with Crippen molar-refractivity contribution in [1.29, 1.82) is 0 Å². The first-order valence-corrected chi connectivity index (χ1v) is 33.7. The number of unbranched alkanes of at least 4 members (excludes halogenated alkanes) is 5. The minimum absolute atomic E-state index is 0.0499. The van der Waals surface area contributed by atoms with Crippen molar-refractivity contribution in [3.8, 4) is 17.6 Å². The number of carbonyl (C=O) groups is 5. The number of carbonyl (C=O) groups excluding carboxylic acids is 5. The minimum Gasteiger partial charge on any atom is -0.494 e. The van der Waals surface area contributed by atoms with Gasteiger partial charge >= 0.3 is 0 Å². The summed E-state index contributed by atoms with van der Waals surface area (Å²) in [5.41, 5.74) is 0.0499. The molecule has 30 atom stereocenters. The molecule has 4 saturated heterocycles. The number of rotatable bonds is 30. The number of aliphatic hydroxyl groups is 13. The highest BCUT2D eigenvalue weighted by atomic mass is 16.7. The first kappa shape index (κ1) is 81.3. The molecular weight excluding hydrogens is 1310 g/mol. The van der Waals surface area contributed by atoms with Gasteiger partial charge < -0.3 is 145 Å². The number of aliphatic hydroxyl groups excluding tert-OH is 13. The Morgan fingerprint density at radius 3 is 1.58 bits per heavy atom. The standard InChI is InChI=1S/C65H103N5O29/c1-8-9-10-11-12-13-14-15-16-20-90-37-19-17-18-34(21-37)61(87)70-46-50(81)49(80)40(26-73)96-63(46)99-58-41(27-74)97-64(47(54(58)85)69-33(6)78)98-57-36(25-72)23-38(43(52(57)83)66-30(3)75)93-56-35(24-71)22-39(44(51(56)82)67-31(4)76)94-59-42(95-62(88)45(53(59)84)68-32(5)77)28-91-65-60(89-7)55(86)48(79)29(2)92-65/h17-19,21,29,35-36,38-60,62-65,71-74,79-86,88H,8-12,15-16,20,22-28H2,1-7H3,(H,66,75)(H,67,76)(H,68,77)(H,69,78)(H,70,87)/t29?,35-,36?,38+,39?,40?,41-,42?,43+,44?,45-,46-,47?,48?,49+,50+,51?,52+,53+,54?,55-,56+,57?,58+,59?,60+,62+,63?,64?,65+/m0/s1. The Labute approximate surface area is 573 Å². The molecule has 0 aromatic heterocycles. The number of benzene rings is 1. The van der Waals surface area contributed by atoms with Gasteiger partial charge in [0.1, 0.15) is 109 Å². The fraction of sp³-hybridized carbons (Fsp3) is 0.800. The van der Waals surface area contributed by atoms with Crippen LogP contribution in [0.3, 0.4) is 0 Å². The molecule has 2 aliphatic carbocycles. The number of hydrogen-bond acceptors (Lipinski definition) is 29. The Hall–Kier alpha value is -4.99. The summed E-state index contributed by atoms with van der Waals surface area (Å²) in [6, 6.07) is -1.75. The van der Waals surface area contributed by atoms with E-state index in [0.29, 0.717) is 25.2 Å². The molecule has 1 aromatic carbocycles. The SMILES string of the molecule is CCCCCCC#CCCCOc1cccc(C(=O)N[C@@H]2C(O[C@H]3C(O)C(NC(C)=O)C(OC4C(CO)C[C@@H](O[C@H]5C(O)C(NC(C)=O)C(OC6C(CO[C@@H]7OC(C)C(O)[C@H](O)[C@H]7OC)O[C@@H](O)[C@@H](NC(C)=O)[C@H]6O)C[C@H]5CO)[C@@H](NC(C)=O)[C@H]4O)O[C@H]3CO)OC(CO)[C@@H](O)[C@@H]2O)c1. The van der Waals surface area contributed by atoms with Gasteiger partial charge in [-0.15, -0.1) is 11.8 Å². The van der Waals surface area contributed by atoms with Gasteiger partial charge in [-0.25, -0.2) is 0 Å². The van der Waals surface area contributed by atoms with Crippen LogP contribution in [0.1, 0.15) is 110 Å². The molecule has 4 heterocycles.